The minimum absolute atomic E-state index is 0. The van der Waals surface area contributed by atoms with Crippen molar-refractivity contribution in [3.63, 3.8) is 0 Å². The zero-order chi connectivity index (χ0) is 17.3. The van der Waals surface area contributed by atoms with E-state index in [4.69, 9.17) is 4.74 Å². The smallest absolute Gasteiger partial charge is 0.391 e. The highest BCUT2D eigenvalue weighted by Crippen LogP contribution is 2.46. The Morgan fingerprint density at radius 2 is 1.29 bits per heavy atom. The molecule has 1 aliphatic rings. The molecule has 24 heavy (non-hydrogen) atoms. The number of carbonyl (C=O) groups excluding carboxylic acids is 1. The monoisotopic (exact) mass is 366 g/mol. The summed E-state index contributed by atoms with van der Waals surface area (Å²) in [6.07, 6.45) is -12.7. The van der Waals surface area contributed by atoms with Crippen LogP contribution in [0.3, 0.4) is 0 Å². The normalized spacial score (nSPS) is 25.3. The van der Waals surface area contributed by atoms with Gasteiger partial charge in [-0.15, -0.1) is 0 Å². The van der Waals surface area contributed by atoms with Gasteiger partial charge in [0.2, 0.25) is 0 Å². The van der Waals surface area contributed by atoms with Crippen LogP contribution in [0.5, 0.6) is 0 Å². The summed E-state index contributed by atoms with van der Waals surface area (Å²) in [5.41, 5.74) is -0.932. The molecule has 0 aromatic carbocycles. The Kier molecular flexibility index (Phi) is 8.88. The molecule has 8 heteroatoms. The fourth-order valence-electron chi connectivity index (χ4n) is 2.35. The van der Waals surface area contributed by atoms with Crippen molar-refractivity contribution in [3.8, 4) is 0 Å². The van der Waals surface area contributed by atoms with Crippen LogP contribution in [0.15, 0.2) is 0 Å². The quantitative estimate of drug-likeness (QED) is 0.442. The second kappa shape index (κ2) is 8.43. The molecule has 0 radical (unpaired) electrons. The van der Waals surface area contributed by atoms with Crippen molar-refractivity contribution < 1.29 is 35.9 Å². The van der Waals surface area contributed by atoms with Gasteiger partial charge in [0.25, 0.3) is 0 Å². The Hall–Kier alpha value is -0.950. The summed E-state index contributed by atoms with van der Waals surface area (Å²) in [6.45, 7) is 4.78. The van der Waals surface area contributed by atoms with E-state index in [9.17, 15) is 31.1 Å². The first-order valence-electron chi connectivity index (χ1n) is 7.12. The molecule has 2 atom stereocenters. The van der Waals surface area contributed by atoms with Gasteiger partial charge in [-0.25, -0.2) is 0 Å². The average Bonchev–Trinajstić information content (AvgIpc) is 2.36. The lowest BCUT2D eigenvalue weighted by Crippen LogP contribution is -2.43. The summed E-state index contributed by atoms with van der Waals surface area (Å²) >= 11 is 0. The molecule has 1 fully saturated rings. The molecule has 0 amide bonds. The van der Waals surface area contributed by atoms with Gasteiger partial charge >= 0.3 is 18.3 Å². The van der Waals surface area contributed by atoms with Gasteiger partial charge in [0.05, 0.1) is 17.3 Å². The first-order valence-corrected chi connectivity index (χ1v) is 7.12. The largest absolute Gasteiger partial charge is 0.462 e. The number of esters is 1. The van der Waals surface area contributed by atoms with Crippen LogP contribution in [-0.4, -0.2) is 24.4 Å². The molecule has 146 valence electrons. The maximum absolute atomic E-state index is 12.8. The second-order valence-corrected chi connectivity index (χ2v) is 6.45. The van der Waals surface area contributed by atoms with Crippen molar-refractivity contribution in [1.29, 1.82) is 0 Å². The summed E-state index contributed by atoms with van der Waals surface area (Å²) in [5.74, 6) is -4.96. The summed E-state index contributed by atoms with van der Waals surface area (Å²) in [5, 5.41) is 0. The number of carbonyl (C=O) groups is 1. The summed E-state index contributed by atoms with van der Waals surface area (Å²) in [7, 11) is 0. The topological polar surface area (TPSA) is 26.3 Å². The van der Waals surface area contributed by atoms with Crippen LogP contribution < -0.4 is 0 Å². The van der Waals surface area contributed by atoms with E-state index in [1.165, 1.54) is 0 Å². The third kappa shape index (κ3) is 6.51. The molecule has 0 aromatic heterocycles. The Bertz CT molecular complexity index is 378. The van der Waals surface area contributed by atoms with Gasteiger partial charge in [-0.05, 0) is 39.5 Å². The Morgan fingerprint density at radius 1 is 0.917 bits per heavy atom. The van der Waals surface area contributed by atoms with Gasteiger partial charge in [-0.3, -0.25) is 4.79 Å². The lowest BCUT2D eigenvalue weighted by atomic mass is 9.78. The first-order chi connectivity index (χ1) is 9.77. The molecule has 0 saturated heterocycles. The predicted molar refractivity (Wildman–Crippen MR) is 80.4 cm³/mol. The van der Waals surface area contributed by atoms with E-state index >= 15 is 0 Å². The zero-order valence-corrected chi connectivity index (χ0v) is 12.6. The van der Waals surface area contributed by atoms with Crippen LogP contribution in [0.25, 0.3) is 0 Å². The molecule has 1 saturated carbocycles. The number of rotatable bonds is 3. The second-order valence-electron chi connectivity index (χ2n) is 6.45. The van der Waals surface area contributed by atoms with Gasteiger partial charge in [-0.2, -0.15) is 26.3 Å². The number of hydrogen-bond donors (Lipinski definition) is 0. The zero-order valence-electron chi connectivity index (χ0n) is 12.6. The third-order valence-electron chi connectivity index (χ3n) is 4.30. The maximum atomic E-state index is 12.8. The van der Waals surface area contributed by atoms with Crippen molar-refractivity contribution in [3.05, 3.63) is 0 Å². The third-order valence-corrected chi connectivity index (χ3v) is 4.30. The molecule has 0 spiro atoms. The molecule has 0 aliphatic heterocycles. The van der Waals surface area contributed by atoms with Crippen molar-refractivity contribution in [2.24, 2.45) is 17.3 Å². The Labute approximate surface area is 139 Å². The van der Waals surface area contributed by atoms with Crippen LogP contribution >= 0.6 is 0 Å². The maximum Gasteiger partial charge on any atom is 0.391 e. The fraction of sp³-hybridized carbons (Fsp3) is 0.938. The number of hydrogen-bond acceptors (Lipinski definition) is 2. The number of ether oxygens (including phenoxy) is 1. The Balaban J connectivity index is 0. The van der Waals surface area contributed by atoms with Crippen LogP contribution in [0.1, 0.15) is 61.3 Å². The van der Waals surface area contributed by atoms with E-state index < -0.39 is 60.9 Å². The van der Waals surface area contributed by atoms with Crippen molar-refractivity contribution in [2.75, 3.05) is 0 Å². The molecule has 1 rings (SSSR count). The van der Waals surface area contributed by atoms with Gasteiger partial charge in [-0.1, -0.05) is 21.8 Å². The molecule has 0 heterocycles. The lowest BCUT2D eigenvalue weighted by molar-refractivity contribution is -0.237. The molecule has 2 nitrogen and oxygen atoms in total. The molecule has 0 bridgehead atoms. The van der Waals surface area contributed by atoms with Crippen LogP contribution in [0.2, 0.25) is 0 Å². The van der Waals surface area contributed by atoms with Gasteiger partial charge in [0.1, 0.15) is 6.10 Å². The molecule has 2 unspecified atom stereocenters. The van der Waals surface area contributed by atoms with Gasteiger partial charge in [0, 0.05) is 0 Å². The highest BCUT2D eigenvalue weighted by molar-refractivity contribution is 5.76. The molecule has 0 N–H and O–H groups in total. The minimum Gasteiger partial charge on any atom is -0.462 e. The highest BCUT2D eigenvalue weighted by Gasteiger charge is 2.52. The highest BCUT2D eigenvalue weighted by atomic mass is 19.4. The van der Waals surface area contributed by atoms with E-state index in [2.05, 4.69) is 0 Å². The molecular formula is C16H28F6O2. The lowest BCUT2D eigenvalue weighted by Gasteiger charge is -2.37. The first kappa shape index (κ1) is 25.3. The van der Waals surface area contributed by atoms with Crippen molar-refractivity contribution >= 4 is 5.97 Å². The minimum atomic E-state index is -4.73. The number of halogens is 6. The van der Waals surface area contributed by atoms with Crippen molar-refractivity contribution in [2.45, 2.75) is 79.8 Å². The van der Waals surface area contributed by atoms with E-state index in [1.54, 1.807) is 20.8 Å². The standard InChI is InChI=1S/C14H20F6O2.2CH4/c1-4-12(2,3)11(21)22-10-6-8(13(15,16)17)5-9(7-10)14(18,19)20;;/h8-10H,4-7H2,1-3H3;2*1H4. The summed E-state index contributed by atoms with van der Waals surface area (Å²) in [6, 6.07) is 0. The summed E-state index contributed by atoms with van der Waals surface area (Å²) < 4.78 is 81.8. The average molecular weight is 366 g/mol. The Morgan fingerprint density at radius 3 is 1.58 bits per heavy atom. The van der Waals surface area contributed by atoms with E-state index in [0.29, 0.717) is 6.42 Å². The fourth-order valence-corrected chi connectivity index (χ4v) is 2.35. The van der Waals surface area contributed by atoms with Crippen molar-refractivity contribution in [1.82, 2.24) is 0 Å². The summed E-state index contributed by atoms with van der Waals surface area (Å²) in [4.78, 5) is 11.9. The van der Waals surface area contributed by atoms with Crippen LogP contribution in [-0.2, 0) is 9.53 Å². The van der Waals surface area contributed by atoms with Gasteiger partial charge < -0.3 is 4.74 Å². The van der Waals surface area contributed by atoms with Crippen LogP contribution in [0.4, 0.5) is 26.3 Å². The SMILES string of the molecule is C.C.CCC(C)(C)C(=O)OC1CC(C(F)(F)F)CC(C(F)(F)F)C1. The molecule has 1 aliphatic carbocycles. The van der Waals surface area contributed by atoms with E-state index in [1.807, 2.05) is 0 Å². The van der Waals surface area contributed by atoms with E-state index in [0.717, 1.165) is 0 Å². The van der Waals surface area contributed by atoms with Gasteiger partial charge in [0.15, 0.2) is 0 Å². The van der Waals surface area contributed by atoms with Crippen LogP contribution in [0, 0.1) is 17.3 Å². The number of alkyl halides is 6. The molecular weight excluding hydrogens is 338 g/mol. The van der Waals surface area contributed by atoms with E-state index in [-0.39, 0.29) is 14.9 Å². The molecule has 0 aromatic rings. The predicted octanol–water partition coefficient (Wildman–Crippen LogP) is 6.15.